The number of aryl methyl sites for hydroxylation is 1. The van der Waals surface area contributed by atoms with Gasteiger partial charge in [-0.3, -0.25) is 0 Å². The lowest BCUT2D eigenvalue weighted by atomic mass is 9.93. The number of hydrogen-bond donors (Lipinski definition) is 1. The summed E-state index contributed by atoms with van der Waals surface area (Å²) in [6, 6.07) is 4.65. The number of rotatable bonds is 2. The van der Waals surface area contributed by atoms with Gasteiger partial charge < -0.3 is 10.1 Å². The summed E-state index contributed by atoms with van der Waals surface area (Å²) in [5.74, 6) is 0.986. The van der Waals surface area contributed by atoms with Gasteiger partial charge in [0.1, 0.15) is 5.75 Å². The average Bonchev–Trinajstić information content (AvgIpc) is 2.33. The predicted molar refractivity (Wildman–Crippen MR) is 70.0 cm³/mol. The van der Waals surface area contributed by atoms with Crippen LogP contribution in [-0.4, -0.2) is 13.7 Å². The fourth-order valence-electron chi connectivity index (χ4n) is 2.41. The maximum Gasteiger partial charge on any atom is 0.138 e. The number of benzene rings is 1. The van der Waals surface area contributed by atoms with Crippen molar-refractivity contribution in [1.82, 2.24) is 5.32 Å². The van der Waals surface area contributed by atoms with E-state index in [2.05, 4.69) is 40.3 Å². The highest BCUT2D eigenvalue weighted by atomic mass is 79.9. The van der Waals surface area contributed by atoms with E-state index in [1.54, 1.807) is 7.11 Å². The Morgan fingerprint density at radius 3 is 2.81 bits per heavy atom. The zero-order chi connectivity index (χ0) is 11.5. The molecule has 2 nitrogen and oxygen atoms in total. The van der Waals surface area contributed by atoms with Crippen molar-refractivity contribution < 1.29 is 4.74 Å². The molecule has 1 saturated heterocycles. The van der Waals surface area contributed by atoms with Crippen molar-refractivity contribution in [3.8, 4) is 5.75 Å². The molecule has 1 aromatic carbocycles. The van der Waals surface area contributed by atoms with E-state index in [4.69, 9.17) is 4.74 Å². The Labute approximate surface area is 106 Å². The summed E-state index contributed by atoms with van der Waals surface area (Å²) in [4.78, 5) is 0. The first-order valence-corrected chi connectivity index (χ1v) is 6.59. The molecule has 1 fully saturated rings. The van der Waals surface area contributed by atoms with Gasteiger partial charge in [0.25, 0.3) is 0 Å². The summed E-state index contributed by atoms with van der Waals surface area (Å²) in [6.45, 7) is 3.26. The molecule has 1 aromatic rings. The van der Waals surface area contributed by atoms with E-state index in [1.807, 2.05) is 0 Å². The molecule has 0 aromatic heterocycles. The van der Waals surface area contributed by atoms with Crippen LogP contribution in [0, 0.1) is 6.92 Å². The van der Waals surface area contributed by atoms with E-state index in [0.717, 1.165) is 16.8 Å². The van der Waals surface area contributed by atoms with E-state index in [0.29, 0.717) is 6.04 Å². The molecular weight excluding hydrogens is 266 g/mol. The highest BCUT2D eigenvalue weighted by molar-refractivity contribution is 9.10. The van der Waals surface area contributed by atoms with Crippen molar-refractivity contribution in [2.45, 2.75) is 32.2 Å². The normalized spacial score (nSPS) is 20.8. The third-order valence-electron chi connectivity index (χ3n) is 3.23. The Kier molecular flexibility index (Phi) is 3.87. The molecule has 0 saturated carbocycles. The molecule has 1 heterocycles. The number of methoxy groups -OCH3 is 1. The lowest BCUT2D eigenvalue weighted by Crippen LogP contribution is -2.27. The molecule has 0 amide bonds. The first-order chi connectivity index (χ1) is 7.74. The lowest BCUT2D eigenvalue weighted by Gasteiger charge is -2.27. The molecule has 2 rings (SSSR count). The fourth-order valence-corrected chi connectivity index (χ4v) is 2.92. The van der Waals surface area contributed by atoms with E-state index in [-0.39, 0.29) is 0 Å². The van der Waals surface area contributed by atoms with E-state index in [9.17, 15) is 0 Å². The van der Waals surface area contributed by atoms with Crippen molar-refractivity contribution >= 4 is 15.9 Å². The summed E-state index contributed by atoms with van der Waals surface area (Å²) in [5.41, 5.74) is 2.62. The van der Waals surface area contributed by atoms with Crippen molar-refractivity contribution in [3.63, 3.8) is 0 Å². The van der Waals surface area contributed by atoms with Crippen LogP contribution in [0.5, 0.6) is 5.75 Å². The number of halogens is 1. The maximum absolute atomic E-state index is 5.52. The molecule has 1 unspecified atom stereocenters. The zero-order valence-corrected chi connectivity index (χ0v) is 11.4. The van der Waals surface area contributed by atoms with Gasteiger partial charge in [0.15, 0.2) is 0 Å². The molecule has 1 N–H and O–H groups in total. The van der Waals surface area contributed by atoms with Crippen LogP contribution in [-0.2, 0) is 0 Å². The molecule has 0 bridgehead atoms. The van der Waals surface area contributed by atoms with Crippen molar-refractivity contribution in [1.29, 1.82) is 0 Å². The fraction of sp³-hybridized carbons (Fsp3) is 0.538. The van der Waals surface area contributed by atoms with Crippen LogP contribution in [0.3, 0.4) is 0 Å². The van der Waals surface area contributed by atoms with Gasteiger partial charge in [-0.2, -0.15) is 0 Å². The summed E-state index contributed by atoms with van der Waals surface area (Å²) >= 11 is 3.56. The first-order valence-electron chi connectivity index (χ1n) is 5.80. The summed E-state index contributed by atoms with van der Waals surface area (Å²) < 4.78 is 6.57. The second-order valence-corrected chi connectivity index (χ2v) is 5.17. The topological polar surface area (TPSA) is 21.3 Å². The minimum atomic E-state index is 0.446. The van der Waals surface area contributed by atoms with E-state index >= 15 is 0 Å². The SMILES string of the molecule is COc1c(Br)ccc(C)c1C1CCCCN1. The van der Waals surface area contributed by atoms with Crippen molar-refractivity contribution in [2.24, 2.45) is 0 Å². The van der Waals surface area contributed by atoms with Gasteiger partial charge in [0.2, 0.25) is 0 Å². The monoisotopic (exact) mass is 283 g/mol. The van der Waals surface area contributed by atoms with Crippen LogP contribution in [0.2, 0.25) is 0 Å². The van der Waals surface area contributed by atoms with Gasteiger partial charge in [0.05, 0.1) is 11.6 Å². The molecule has 0 spiro atoms. The van der Waals surface area contributed by atoms with E-state index in [1.165, 1.54) is 30.4 Å². The maximum atomic E-state index is 5.52. The number of ether oxygens (including phenoxy) is 1. The van der Waals surface area contributed by atoms with Crippen LogP contribution in [0.15, 0.2) is 16.6 Å². The molecule has 88 valence electrons. The van der Waals surface area contributed by atoms with E-state index < -0.39 is 0 Å². The van der Waals surface area contributed by atoms with Crippen LogP contribution >= 0.6 is 15.9 Å². The second kappa shape index (κ2) is 5.19. The number of hydrogen-bond acceptors (Lipinski definition) is 2. The molecule has 1 atom stereocenters. The Morgan fingerprint density at radius 2 is 2.19 bits per heavy atom. The largest absolute Gasteiger partial charge is 0.495 e. The Bertz CT molecular complexity index is 372. The Hall–Kier alpha value is -0.540. The Morgan fingerprint density at radius 1 is 1.38 bits per heavy atom. The predicted octanol–water partition coefficient (Wildman–Crippen LogP) is 3.58. The summed E-state index contributed by atoms with van der Waals surface area (Å²) in [6.07, 6.45) is 3.78. The zero-order valence-electron chi connectivity index (χ0n) is 9.85. The van der Waals surface area contributed by atoms with Gasteiger partial charge >= 0.3 is 0 Å². The number of nitrogens with one attached hydrogen (secondary N) is 1. The van der Waals surface area contributed by atoms with Crippen molar-refractivity contribution in [2.75, 3.05) is 13.7 Å². The van der Waals surface area contributed by atoms with Gasteiger partial charge in [-0.1, -0.05) is 12.5 Å². The summed E-state index contributed by atoms with van der Waals surface area (Å²) in [7, 11) is 1.74. The molecule has 1 aliphatic rings. The Balaban J connectivity index is 2.40. The van der Waals surface area contributed by atoms with Gasteiger partial charge in [-0.25, -0.2) is 0 Å². The molecule has 1 aliphatic heterocycles. The van der Waals surface area contributed by atoms with Gasteiger partial charge in [0, 0.05) is 11.6 Å². The highest BCUT2D eigenvalue weighted by Gasteiger charge is 2.21. The lowest BCUT2D eigenvalue weighted by molar-refractivity contribution is 0.370. The molecular formula is C13H18BrNO. The van der Waals surface area contributed by atoms with Gasteiger partial charge in [-0.15, -0.1) is 0 Å². The second-order valence-electron chi connectivity index (χ2n) is 4.31. The molecule has 0 radical (unpaired) electrons. The van der Waals surface area contributed by atoms with Gasteiger partial charge in [-0.05, 0) is 53.9 Å². The minimum absolute atomic E-state index is 0.446. The summed E-state index contributed by atoms with van der Waals surface area (Å²) in [5, 5.41) is 3.58. The van der Waals surface area contributed by atoms with Crippen LogP contribution < -0.4 is 10.1 Å². The molecule has 16 heavy (non-hydrogen) atoms. The number of piperidine rings is 1. The molecule has 3 heteroatoms. The van der Waals surface area contributed by atoms with Crippen LogP contribution in [0.1, 0.15) is 36.4 Å². The minimum Gasteiger partial charge on any atom is -0.495 e. The quantitative estimate of drug-likeness (QED) is 0.896. The average molecular weight is 284 g/mol. The van der Waals surface area contributed by atoms with Crippen molar-refractivity contribution in [3.05, 3.63) is 27.7 Å². The molecule has 0 aliphatic carbocycles. The standard InChI is InChI=1S/C13H18BrNO/c1-9-6-7-10(14)13(16-2)12(9)11-5-3-4-8-15-11/h6-7,11,15H,3-5,8H2,1-2H3. The highest BCUT2D eigenvalue weighted by Crippen LogP contribution is 2.38. The third-order valence-corrected chi connectivity index (χ3v) is 3.85. The van der Waals surface area contributed by atoms with Crippen LogP contribution in [0.25, 0.3) is 0 Å². The smallest absolute Gasteiger partial charge is 0.138 e. The van der Waals surface area contributed by atoms with Crippen LogP contribution in [0.4, 0.5) is 0 Å². The first kappa shape index (κ1) is 11.9. The third kappa shape index (κ3) is 2.25.